The molecule has 0 bridgehead atoms. The molecule has 1 unspecified atom stereocenters. The first-order valence-electron chi connectivity index (χ1n) is 7.64. The van der Waals surface area contributed by atoms with E-state index in [1.165, 1.54) is 37.3 Å². The van der Waals surface area contributed by atoms with Crippen LogP contribution in [0, 0.1) is 6.92 Å². The molecular weight excluding hydrogens is 362 g/mol. The van der Waals surface area contributed by atoms with Crippen LogP contribution in [0.1, 0.15) is 39.2 Å². The van der Waals surface area contributed by atoms with E-state index >= 15 is 0 Å². The van der Waals surface area contributed by atoms with Gasteiger partial charge in [-0.25, -0.2) is 13.2 Å². The molecule has 0 radical (unpaired) electrons. The summed E-state index contributed by atoms with van der Waals surface area (Å²) in [6, 6.07) is 7.12. The summed E-state index contributed by atoms with van der Waals surface area (Å²) in [5.74, 6) is -0.660. The normalized spacial score (nSPS) is 12.5. The highest BCUT2D eigenvalue weighted by molar-refractivity contribution is 7.92. The molecule has 9 heteroatoms. The lowest BCUT2D eigenvalue weighted by atomic mass is 10.1. The van der Waals surface area contributed by atoms with Gasteiger partial charge in [0.05, 0.1) is 6.26 Å². The van der Waals surface area contributed by atoms with Crippen LogP contribution in [0.2, 0.25) is 0 Å². The number of rotatable bonds is 7. The number of aliphatic hydroxyl groups excluding tert-OH is 1. The molecule has 0 spiro atoms. The summed E-state index contributed by atoms with van der Waals surface area (Å²) in [5.41, 5.74) is 0.727. The van der Waals surface area contributed by atoms with Gasteiger partial charge in [0.15, 0.2) is 6.10 Å². The number of ether oxygens (including phenoxy) is 1. The third-order valence-corrected chi connectivity index (χ3v) is 4.08. The van der Waals surface area contributed by atoms with E-state index in [-0.39, 0.29) is 29.3 Å². The molecule has 2 rings (SSSR count). The van der Waals surface area contributed by atoms with Gasteiger partial charge in [-0.05, 0) is 44.2 Å². The smallest absolute Gasteiger partial charge is 0.342 e. The second kappa shape index (κ2) is 7.71. The highest BCUT2D eigenvalue weighted by Gasteiger charge is 2.23. The van der Waals surface area contributed by atoms with Crippen LogP contribution in [0.3, 0.4) is 0 Å². The molecule has 0 amide bonds. The Bertz CT molecular complexity index is 913. The lowest BCUT2D eigenvalue weighted by molar-refractivity contribution is 0.0317. The number of anilines is 1. The molecule has 26 heavy (non-hydrogen) atoms. The standard InChI is InChI=1S/C17H19NO7S/c1-10-15(8-14(9-19)24-10)17(21)25-11(2)16(20)12-4-6-13(7-5-12)18-26(3,22)23/h4-8,11,18-19H,9H2,1-3H3. The third-order valence-electron chi connectivity index (χ3n) is 3.47. The Morgan fingerprint density at radius 3 is 2.38 bits per heavy atom. The van der Waals surface area contributed by atoms with Crippen molar-refractivity contribution >= 4 is 27.5 Å². The van der Waals surface area contributed by atoms with Gasteiger partial charge in [-0.15, -0.1) is 0 Å². The Kier molecular flexibility index (Phi) is 5.83. The lowest BCUT2D eigenvalue weighted by Gasteiger charge is -2.12. The molecule has 140 valence electrons. The summed E-state index contributed by atoms with van der Waals surface area (Å²) in [4.78, 5) is 24.5. The highest BCUT2D eigenvalue weighted by Crippen LogP contribution is 2.18. The fraction of sp³-hybridized carbons (Fsp3) is 0.294. The Balaban J connectivity index is 2.06. The van der Waals surface area contributed by atoms with Crippen molar-refractivity contribution in [3.8, 4) is 0 Å². The summed E-state index contributed by atoms with van der Waals surface area (Å²) < 4.78 is 35.0. The minimum absolute atomic E-state index is 0.140. The van der Waals surface area contributed by atoms with Crippen molar-refractivity contribution in [2.75, 3.05) is 11.0 Å². The molecule has 1 aromatic carbocycles. The van der Waals surface area contributed by atoms with Crippen molar-refractivity contribution in [2.24, 2.45) is 0 Å². The topological polar surface area (TPSA) is 123 Å². The van der Waals surface area contributed by atoms with Crippen molar-refractivity contribution in [3.63, 3.8) is 0 Å². The van der Waals surface area contributed by atoms with Gasteiger partial charge in [-0.3, -0.25) is 9.52 Å². The lowest BCUT2D eigenvalue weighted by Crippen LogP contribution is -2.24. The fourth-order valence-corrected chi connectivity index (χ4v) is 2.82. The number of hydrogen-bond acceptors (Lipinski definition) is 7. The van der Waals surface area contributed by atoms with Crippen LogP contribution in [0.4, 0.5) is 5.69 Å². The highest BCUT2D eigenvalue weighted by atomic mass is 32.2. The Morgan fingerprint density at radius 2 is 1.88 bits per heavy atom. The van der Waals surface area contributed by atoms with Gasteiger partial charge in [-0.1, -0.05) is 0 Å². The number of nitrogens with one attached hydrogen (secondary N) is 1. The number of sulfonamides is 1. The quantitative estimate of drug-likeness (QED) is 0.554. The number of furan rings is 1. The molecule has 0 aliphatic heterocycles. The van der Waals surface area contributed by atoms with E-state index in [2.05, 4.69) is 4.72 Å². The molecule has 0 saturated carbocycles. The van der Waals surface area contributed by atoms with Crippen LogP contribution in [-0.2, 0) is 21.4 Å². The van der Waals surface area contributed by atoms with Gasteiger partial charge in [-0.2, -0.15) is 0 Å². The summed E-state index contributed by atoms with van der Waals surface area (Å²) in [7, 11) is -3.41. The molecule has 1 heterocycles. The van der Waals surface area contributed by atoms with Crippen LogP contribution < -0.4 is 4.72 Å². The molecule has 0 aliphatic rings. The predicted octanol–water partition coefficient (Wildman–Crippen LogP) is 1.88. The maximum absolute atomic E-state index is 12.4. The molecular formula is C17H19NO7S. The van der Waals surface area contributed by atoms with Crippen molar-refractivity contribution in [3.05, 3.63) is 53.0 Å². The Hall–Kier alpha value is -2.65. The van der Waals surface area contributed by atoms with Gasteiger partial charge in [0.2, 0.25) is 15.8 Å². The summed E-state index contributed by atoms with van der Waals surface area (Å²) in [6.07, 6.45) is -0.0312. The van der Waals surface area contributed by atoms with Crippen molar-refractivity contribution in [1.29, 1.82) is 0 Å². The maximum Gasteiger partial charge on any atom is 0.342 e. The van der Waals surface area contributed by atoms with Crippen molar-refractivity contribution in [1.82, 2.24) is 0 Å². The third kappa shape index (κ3) is 4.93. The molecule has 0 aliphatic carbocycles. The predicted molar refractivity (Wildman–Crippen MR) is 93.5 cm³/mol. The molecule has 0 saturated heterocycles. The maximum atomic E-state index is 12.4. The van der Waals surface area contributed by atoms with Crippen LogP contribution in [0.25, 0.3) is 0 Å². The number of aliphatic hydroxyl groups is 1. The number of benzene rings is 1. The monoisotopic (exact) mass is 381 g/mol. The molecule has 8 nitrogen and oxygen atoms in total. The Labute approximate surface area is 150 Å². The number of hydrogen-bond donors (Lipinski definition) is 2. The number of carbonyl (C=O) groups is 2. The van der Waals surface area contributed by atoms with Gasteiger partial charge in [0, 0.05) is 11.3 Å². The van der Waals surface area contributed by atoms with Crippen molar-refractivity contribution in [2.45, 2.75) is 26.6 Å². The molecule has 2 aromatic rings. The SMILES string of the molecule is Cc1oc(CO)cc1C(=O)OC(C)C(=O)c1ccc(NS(C)(=O)=O)cc1. The number of esters is 1. The second-order valence-electron chi connectivity index (χ2n) is 5.70. The molecule has 1 aromatic heterocycles. The zero-order valence-electron chi connectivity index (χ0n) is 14.5. The van der Waals surface area contributed by atoms with Crippen LogP contribution in [0.5, 0.6) is 0 Å². The number of aryl methyl sites for hydroxylation is 1. The Morgan fingerprint density at radius 1 is 1.27 bits per heavy atom. The van der Waals surface area contributed by atoms with Crippen molar-refractivity contribution < 1.29 is 32.3 Å². The number of carbonyl (C=O) groups excluding carboxylic acids is 2. The van der Waals surface area contributed by atoms with E-state index in [4.69, 9.17) is 14.3 Å². The van der Waals surface area contributed by atoms with Gasteiger partial charge >= 0.3 is 5.97 Å². The fourth-order valence-electron chi connectivity index (χ4n) is 2.25. The van der Waals surface area contributed by atoms with E-state index in [0.29, 0.717) is 5.69 Å². The van der Waals surface area contributed by atoms with E-state index in [9.17, 15) is 18.0 Å². The van der Waals surface area contributed by atoms with E-state index in [1.807, 2.05) is 0 Å². The second-order valence-corrected chi connectivity index (χ2v) is 7.45. The zero-order chi connectivity index (χ0) is 19.5. The van der Waals surface area contributed by atoms with Crippen LogP contribution in [0.15, 0.2) is 34.7 Å². The minimum atomic E-state index is -3.41. The van der Waals surface area contributed by atoms with E-state index in [0.717, 1.165) is 6.26 Å². The molecule has 2 N–H and O–H groups in total. The van der Waals surface area contributed by atoms with Gasteiger partial charge < -0.3 is 14.3 Å². The first-order valence-corrected chi connectivity index (χ1v) is 9.53. The average molecular weight is 381 g/mol. The minimum Gasteiger partial charge on any atom is -0.463 e. The first kappa shape index (κ1) is 19.7. The van der Waals surface area contributed by atoms with Gasteiger partial charge in [0.1, 0.15) is 23.7 Å². The summed E-state index contributed by atoms with van der Waals surface area (Å²) >= 11 is 0. The molecule has 0 fully saturated rings. The van der Waals surface area contributed by atoms with Crippen LogP contribution >= 0.6 is 0 Å². The van der Waals surface area contributed by atoms with E-state index in [1.54, 1.807) is 6.92 Å². The summed E-state index contributed by atoms with van der Waals surface area (Å²) in [6.45, 7) is 2.64. The van der Waals surface area contributed by atoms with Gasteiger partial charge in [0.25, 0.3) is 0 Å². The molecule has 1 atom stereocenters. The zero-order valence-corrected chi connectivity index (χ0v) is 15.3. The largest absolute Gasteiger partial charge is 0.463 e. The average Bonchev–Trinajstić information content (AvgIpc) is 2.94. The van der Waals surface area contributed by atoms with E-state index < -0.39 is 27.9 Å². The number of ketones is 1. The number of Topliss-reactive ketones (excluding diaryl/α,β-unsaturated/α-hetero) is 1. The summed E-state index contributed by atoms with van der Waals surface area (Å²) in [5, 5.41) is 9.03. The first-order chi connectivity index (χ1) is 12.1. The van der Waals surface area contributed by atoms with Crippen LogP contribution in [-0.4, -0.2) is 37.6 Å².